The summed E-state index contributed by atoms with van der Waals surface area (Å²) in [6.45, 7) is 9.54. The first-order valence-electron chi connectivity index (χ1n) is 32.3. The fourth-order valence-electron chi connectivity index (χ4n) is 15.1. The van der Waals surface area contributed by atoms with E-state index in [2.05, 4.69) is 274 Å². The normalized spacial score (nSPS) is 13.3. The molecule has 2 aliphatic rings. The number of benzene rings is 14. The number of anilines is 6. The number of nitrogens with zero attached hydrogens (tertiary/aromatic N) is 4. The molecule has 14 aromatic carbocycles. The Labute approximate surface area is 546 Å². The number of fused-ring (bicyclic) bond motifs is 12. The minimum Gasteiger partial charge on any atom is -0.436 e. The number of oxazole rings is 2. The van der Waals surface area contributed by atoms with Crippen LogP contribution >= 0.6 is 0 Å². The van der Waals surface area contributed by atoms with Crippen LogP contribution in [0.15, 0.2) is 312 Å². The molecule has 0 atom stereocenters. The summed E-state index contributed by atoms with van der Waals surface area (Å²) < 4.78 is 13.1. The van der Waals surface area contributed by atoms with Gasteiger partial charge in [-0.15, -0.1) is 0 Å². The number of rotatable bonds is 11. The van der Waals surface area contributed by atoms with E-state index in [0.29, 0.717) is 11.8 Å². The molecule has 18 rings (SSSR count). The lowest BCUT2D eigenvalue weighted by Gasteiger charge is -2.29. The first-order valence-corrected chi connectivity index (χ1v) is 32.3. The van der Waals surface area contributed by atoms with Gasteiger partial charge in [-0.1, -0.05) is 222 Å². The van der Waals surface area contributed by atoms with Crippen LogP contribution in [0.2, 0.25) is 0 Å². The molecule has 0 radical (unpaired) electrons. The van der Waals surface area contributed by atoms with Crippen molar-refractivity contribution in [3.05, 3.63) is 326 Å². The van der Waals surface area contributed by atoms with E-state index in [1.54, 1.807) is 0 Å². The van der Waals surface area contributed by atoms with Crippen molar-refractivity contribution in [1.29, 1.82) is 0 Å². The van der Waals surface area contributed by atoms with Crippen molar-refractivity contribution in [3.8, 4) is 78.5 Å². The molecule has 0 aliphatic heterocycles. The summed E-state index contributed by atoms with van der Waals surface area (Å²) in [4.78, 5) is 15.0. The van der Waals surface area contributed by atoms with E-state index in [4.69, 9.17) is 18.8 Å². The largest absolute Gasteiger partial charge is 0.436 e. The zero-order valence-corrected chi connectivity index (χ0v) is 52.5. The van der Waals surface area contributed by atoms with Crippen LogP contribution in [0.5, 0.6) is 0 Å². The Kier molecular flexibility index (Phi) is 12.5. The van der Waals surface area contributed by atoms with Crippen molar-refractivity contribution in [3.63, 3.8) is 0 Å². The second kappa shape index (κ2) is 21.4. The summed E-state index contributed by atoms with van der Waals surface area (Å²) in [6.07, 6.45) is 0. The summed E-state index contributed by atoms with van der Waals surface area (Å²) >= 11 is 0. The van der Waals surface area contributed by atoms with Gasteiger partial charge in [-0.05, 0) is 187 Å². The van der Waals surface area contributed by atoms with Crippen molar-refractivity contribution in [2.75, 3.05) is 9.80 Å². The van der Waals surface area contributed by atoms with E-state index in [1.807, 2.05) is 66.7 Å². The van der Waals surface area contributed by atoms with Crippen LogP contribution in [-0.2, 0) is 10.8 Å². The van der Waals surface area contributed by atoms with Gasteiger partial charge in [-0.25, -0.2) is 9.97 Å². The van der Waals surface area contributed by atoms with Crippen molar-refractivity contribution < 1.29 is 8.83 Å². The highest BCUT2D eigenvalue weighted by Gasteiger charge is 2.39. The third-order valence-electron chi connectivity index (χ3n) is 19.9. The molecule has 0 unspecified atom stereocenters. The molecule has 0 fully saturated rings. The van der Waals surface area contributed by atoms with Crippen molar-refractivity contribution in [1.82, 2.24) is 9.97 Å². The molecule has 0 N–H and O–H groups in total. The second-order valence-electron chi connectivity index (χ2n) is 26.1. The Hall–Kier alpha value is -11.9. The topological polar surface area (TPSA) is 58.5 Å². The molecule has 0 saturated carbocycles. The van der Waals surface area contributed by atoms with Gasteiger partial charge in [0, 0.05) is 66.6 Å². The number of hydrogen-bond donors (Lipinski definition) is 0. The molecule has 2 aromatic heterocycles. The fraction of sp³-hybridized carbons (Fsp3) is 0.0682. The van der Waals surface area contributed by atoms with E-state index in [-0.39, 0.29) is 10.8 Å². The Bertz CT molecular complexity index is 5340. The fourth-order valence-corrected chi connectivity index (χ4v) is 15.1. The monoisotopic (exact) mass is 1210 g/mol. The maximum absolute atomic E-state index is 6.67. The summed E-state index contributed by atoms with van der Waals surface area (Å²) in [7, 11) is 0. The quantitative estimate of drug-likeness (QED) is 0.129. The van der Waals surface area contributed by atoms with Gasteiger partial charge >= 0.3 is 0 Å². The lowest BCUT2D eigenvalue weighted by atomic mass is 9.80. The standard InChI is InChI=1S/C88H62N4O2/c1-87(2)75-45-41-65(91(80-31-19-17-29-67(80)55-21-9-5-10-22-55)63-39-33-57-38-48-82-83(71(57)51-63)90-86(93-82)60-27-15-8-16-28-60)53-73(75)69-43-35-61(49-77(69)87)62-36-44-70-74-54-66(42-46-76(74)88(3,4)78(70)50-62)92(81-32-20-18-30-68(81)56-23-11-6-12-24-56)64-40-34-58-37-47-79-84(72(58)52-64)94-85(89-79)59-25-13-7-14-26-59/h5-54H,1-4H3. The van der Waals surface area contributed by atoms with Crippen LogP contribution in [0.3, 0.4) is 0 Å². The molecular weight excluding hydrogens is 1140 g/mol. The predicted octanol–water partition coefficient (Wildman–Crippen LogP) is 24.2. The molecule has 0 spiro atoms. The minimum absolute atomic E-state index is 0.269. The number of hydrogen-bond acceptors (Lipinski definition) is 6. The molecule has 2 aliphatic carbocycles. The molecule has 2 heterocycles. The van der Waals surface area contributed by atoms with E-state index >= 15 is 0 Å². The van der Waals surface area contributed by atoms with Gasteiger partial charge in [0.25, 0.3) is 0 Å². The molecule has 6 heteroatoms. The molecule has 16 aromatic rings. The molecule has 0 amide bonds. The van der Waals surface area contributed by atoms with E-state index in [9.17, 15) is 0 Å². The zero-order chi connectivity index (χ0) is 62.8. The van der Waals surface area contributed by atoms with Crippen LogP contribution in [0, 0.1) is 0 Å². The van der Waals surface area contributed by atoms with Crippen molar-refractivity contribution >= 4 is 77.9 Å². The van der Waals surface area contributed by atoms with Gasteiger partial charge in [0.05, 0.1) is 11.4 Å². The summed E-state index contributed by atoms with van der Waals surface area (Å²) in [5.74, 6) is 1.22. The molecule has 0 saturated heterocycles. The van der Waals surface area contributed by atoms with Crippen LogP contribution in [0.4, 0.5) is 34.1 Å². The second-order valence-corrected chi connectivity index (χ2v) is 26.1. The van der Waals surface area contributed by atoms with E-state index < -0.39 is 0 Å². The van der Waals surface area contributed by atoms with Crippen LogP contribution in [0.25, 0.3) is 122 Å². The Morgan fingerprint density at radius 1 is 0.287 bits per heavy atom. The van der Waals surface area contributed by atoms with Gasteiger partial charge in [-0.2, -0.15) is 0 Å². The highest BCUT2D eigenvalue weighted by atomic mass is 16.4. The first-order chi connectivity index (χ1) is 46.1. The molecule has 446 valence electrons. The summed E-state index contributed by atoms with van der Waals surface area (Å²) in [5.41, 5.74) is 28.2. The lowest BCUT2D eigenvalue weighted by Crippen LogP contribution is -2.16. The lowest BCUT2D eigenvalue weighted by molar-refractivity contribution is 0.620. The average molecular weight is 1210 g/mol. The highest BCUT2D eigenvalue weighted by molar-refractivity contribution is 6.08. The third-order valence-corrected chi connectivity index (χ3v) is 19.9. The van der Waals surface area contributed by atoms with Gasteiger partial charge < -0.3 is 18.6 Å². The van der Waals surface area contributed by atoms with Gasteiger partial charge in [0.2, 0.25) is 11.8 Å². The van der Waals surface area contributed by atoms with Gasteiger partial charge in [0.15, 0.2) is 11.2 Å². The Morgan fingerprint density at radius 3 is 1.22 bits per heavy atom. The average Bonchev–Trinajstić information content (AvgIpc) is 1.57. The van der Waals surface area contributed by atoms with E-state index in [0.717, 1.165) is 111 Å². The molecule has 94 heavy (non-hydrogen) atoms. The van der Waals surface area contributed by atoms with Crippen LogP contribution < -0.4 is 9.80 Å². The Morgan fingerprint density at radius 2 is 0.702 bits per heavy atom. The number of para-hydroxylation sites is 2. The SMILES string of the molecule is CC1(C)c2ccc(N(c3ccc4ccc5oc(-c6ccccc6)nc5c4c3)c3ccccc3-c3ccccc3)cc2-c2ccc(-c3ccc4c(c3)C(C)(C)c3ccc(N(c5ccc6ccc7nc(-c8ccccc8)oc7c6c5)c5ccccc5-c5ccccc5)cc3-4)cc21. The van der Waals surface area contributed by atoms with E-state index in [1.165, 1.54) is 55.6 Å². The molecule has 0 bridgehead atoms. The van der Waals surface area contributed by atoms with Crippen molar-refractivity contribution in [2.24, 2.45) is 0 Å². The highest BCUT2D eigenvalue weighted by Crippen LogP contribution is 2.56. The number of aromatic nitrogens is 2. The van der Waals surface area contributed by atoms with Gasteiger partial charge in [-0.3, -0.25) is 0 Å². The van der Waals surface area contributed by atoms with Gasteiger partial charge in [0.1, 0.15) is 11.0 Å². The predicted molar refractivity (Wildman–Crippen MR) is 388 cm³/mol. The smallest absolute Gasteiger partial charge is 0.227 e. The zero-order valence-electron chi connectivity index (χ0n) is 52.5. The third kappa shape index (κ3) is 8.85. The van der Waals surface area contributed by atoms with Crippen molar-refractivity contribution in [2.45, 2.75) is 38.5 Å². The first kappa shape index (κ1) is 55.0. The molecular formula is C88H62N4O2. The Balaban J connectivity index is 0.726. The maximum atomic E-state index is 6.67. The maximum Gasteiger partial charge on any atom is 0.227 e. The molecule has 6 nitrogen and oxygen atoms in total. The summed E-state index contributed by atoms with van der Waals surface area (Å²) in [5, 5.41) is 4.22. The minimum atomic E-state index is -0.270. The summed E-state index contributed by atoms with van der Waals surface area (Å²) in [6, 6.07) is 110. The van der Waals surface area contributed by atoms with Crippen LogP contribution in [-0.4, -0.2) is 9.97 Å². The van der Waals surface area contributed by atoms with Crippen LogP contribution in [0.1, 0.15) is 49.9 Å².